The molecule has 0 spiro atoms. The number of rotatable bonds is 5. The molecule has 1 aliphatic carbocycles. The molecule has 3 N–H and O–H groups in total. The molecule has 1 saturated carbocycles. The molecule has 1 aliphatic rings. The maximum atomic E-state index is 12.2. The van der Waals surface area contributed by atoms with E-state index in [2.05, 4.69) is 10.6 Å². The molecule has 0 bridgehead atoms. The zero-order valence-electron chi connectivity index (χ0n) is 12.5. The molecule has 2 amide bonds. The molecule has 0 radical (unpaired) electrons. The van der Waals surface area contributed by atoms with Crippen molar-refractivity contribution < 1.29 is 14.6 Å². The molecule has 1 atom stereocenters. The number of carbonyl (C=O) groups is 1. The minimum Gasteiger partial charge on any atom is -0.495 e. The zero-order valence-corrected chi connectivity index (χ0v) is 13.3. The Balaban J connectivity index is 2.10. The quantitative estimate of drug-likeness (QED) is 0.783. The first kappa shape index (κ1) is 15.9. The normalized spacial score (nSPS) is 17.0. The van der Waals surface area contributed by atoms with E-state index in [-0.39, 0.29) is 12.6 Å². The second-order valence-electron chi connectivity index (χ2n) is 5.73. The van der Waals surface area contributed by atoms with Crippen LogP contribution in [0.4, 0.5) is 10.5 Å². The number of aryl methyl sites for hydroxylation is 1. The standard InChI is InChI=1S/C15H21ClN2O3/c1-9-6-12(13(21-3)7-11(9)16)17-14(20)18-15(2,8-19)10-4-5-10/h6-7,10,19H,4-5,8H2,1-3H3,(H2,17,18,20). The highest BCUT2D eigenvalue weighted by Gasteiger charge is 2.42. The van der Waals surface area contributed by atoms with Crippen LogP contribution >= 0.6 is 11.6 Å². The van der Waals surface area contributed by atoms with Crippen LogP contribution in [0, 0.1) is 12.8 Å². The molecule has 1 aromatic rings. The Morgan fingerprint density at radius 1 is 1.52 bits per heavy atom. The molecule has 0 aromatic heterocycles. The van der Waals surface area contributed by atoms with Crippen molar-refractivity contribution in [2.24, 2.45) is 5.92 Å². The van der Waals surface area contributed by atoms with Gasteiger partial charge in [-0.3, -0.25) is 0 Å². The number of anilines is 1. The fourth-order valence-electron chi connectivity index (χ4n) is 2.33. The number of aliphatic hydroxyl groups excluding tert-OH is 1. The zero-order chi connectivity index (χ0) is 15.6. The molecule has 1 fully saturated rings. The van der Waals surface area contributed by atoms with E-state index in [9.17, 15) is 9.90 Å². The van der Waals surface area contributed by atoms with Gasteiger partial charge < -0.3 is 20.5 Å². The van der Waals surface area contributed by atoms with Gasteiger partial charge in [0, 0.05) is 11.1 Å². The van der Waals surface area contributed by atoms with Crippen LogP contribution in [0.3, 0.4) is 0 Å². The summed E-state index contributed by atoms with van der Waals surface area (Å²) < 4.78 is 5.22. The summed E-state index contributed by atoms with van der Waals surface area (Å²) in [6, 6.07) is 3.06. The number of hydrogen-bond donors (Lipinski definition) is 3. The van der Waals surface area contributed by atoms with E-state index in [4.69, 9.17) is 16.3 Å². The van der Waals surface area contributed by atoms with Gasteiger partial charge in [0.25, 0.3) is 0 Å². The van der Waals surface area contributed by atoms with Crippen molar-refractivity contribution in [1.82, 2.24) is 5.32 Å². The van der Waals surface area contributed by atoms with E-state index in [1.54, 1.807) is 12.1 Å². The van der Waals surface area contributed by atoms with Crippen molar-refractivity contribution in [1.29, 1.82) is 0 Å². The van der Waals surface area contributed by atoms with E-state index < -0.39 is 5.54 Å². The van der Waals surface area contributed by atoms with Crippen LogP contribution < -0.4 is 15.4 Å². The first-order chi connectivity index (χ1) is 9.89. The van der Waals surface area contributed by atoms with Gasteiger partial charge in [-0.25, -0.2) is 4.79 Å². The number of benzene rings is 1. The van der Waals surface area contributed by atoms with Crippen molar-refractivity contribution in [3.63, 3.8) is 0 Å². The molecule has 0 aliphatic heterocycles. The number of methoxy groups -OCH3 is 1. The number of halogens is 1. The second-order valence-corrected chi connectivity index (χ2v) is 6.14. The average Bonchev–Trinajstić information content (AvgIpc) is 3.27. The van der Waals surface area contributed by atoms with Gasteiger partial charge >= 0.3 is 6.03 Å². The highest BCUT2D eigenvalue weighted by atomic mass is 35.5. The lowest BCUT2D eigenvalue weighted by Gasteiger charge is -2.29. The van der Waals surface area contributed by atoms with Crippen LogP contribution in [0.1, 0.15) is 25.3 Å². The molecule has 5 nitrogen and oxygen atoms in total. The minimum atomic E-state index is -0.585. The van der Waals surface area contributed by atoms with E-state index in [0.717, 1.165) is 18.4 Å². The lowest BCUT2D eigenvalue weighted by Crippen LogP contribution is -2.52. The molecule has 116 valence electrons. The van der Waals surface area contributed by atoms with Gasteiger partial charge in [-0.05, 0) is 44.2 Å². The van der Waals surface area contributed by atoms with Gasteiger partial charge in [0.15, 0.2) is 0 Å². The van der Waals surface area contributed by atoms with Crippen molar-refractivity contribution in [3.8, 4) is 5.75 Å². The predicted octanol–water partition coefficient (Wildman–Crippen LogP) is 2.94. The highest BCUT2D eigenvalue weighted by molar-refractivity contribution is 6.31. The average molecular weight is 313 g/mol. The summed E-state index contributed by atoms with van der Waals surface area (Å²) in [7, 11) is 1.52. The SMILES string of the molecule is COc1cc(Cl)c(C)cc1NC(=O)NC(C)(CO)C1CC1. The van der Waals surface area contributed by atoms with E-state index >= 15 is 0 Å². The number of carbonyl (C=O) groups excluding carboxylic acids is 1. The first-order valence-electron chi connectivity index (χ1n) is 6.94. The third kappa shape index (κ3) is 3.60. The Morgan fingerprint density at radius 2 is 2.19 bits per heavy atom. The maximum Gasteiger partial charge on any atom is 0.319 e. The van der Waals surface area contributed by atoms with Crippen LogP contribution in [0.15, 0.2) is 12.1 Å². The number of hydrogen-bond acceptors (Lipinski definition) is 3. The topological polar surface area (TPSA) is 70.6 Å². The summed E-state index contributed by atoms with van der Waals surface area (Å²) in [5, 5.41) is 15.7. The molecule has 2 rings (SSSR count). The third-order valence-corrected chi connectivity index (χ3v) is 4.34. The van der Waals surface area contributed by atoms with E-state index in [1.165, 1.54) is 7.11 Å². The second kappa shape index (κ2) is 6.12. The van der Waals surface area contributed by atoms with Gasteiger partial charge in [-0.2, -0.15) is 0 Å². The molecule has 0 heterocycles. The number of nitrogens with one attached hydrogen (secondary N) is 2. The molecule has 21 heavy (non-hydrogen) atoms. The number of aliphatic hydroxyl groups is 1. The van der Waals surface area contributed by atoms with E-state index in [0.29, 0.717) is 22.4 Å². The van der Waals surface area contributed by atoms with Gasteiger partial charge in [0.05, 0.1) is 24.9 Å². The summed E-state index contributed by atoms with van der Waals surface area (Å²) in [4.78, 5) is 12.2. The molecular formula is C15H21ClN2O3. The summed E-state index contributed by atoms with van der Waals surface area (Å²) in [6.45, 7) is 3.63. The smallest absolute Gasteiger partial charge is 0.319 e. The fourth-order valence-corrected chi connectivity index (χ4v) is 2.49. The fraction of sp³-hybridized carbons (Fsp3) is 0.533. The van der Waals surface area contributed by atoms with Crippen molar-refractivity contribution in [3.05, 3.63) is 22.7 Å². The van der Waals surface area contributed by atoms with Gasteiger partial charge in [-0.1, -0.05) is 11.6 Å². The number of amides is 2. The van der Waals surface area contributed by atoms with Crippen LogP contribution in [0.25, 0.3) is 0 Å². The first-order valence-corrected chi connectivity index (χ1v) is 7.31. The van der Waals surface area contributed by atoms with Gasteiger partial charge in [-0.15, -0.1) is 0 Å². The molecule has 1 unspecified atom stereocenters. The lowest BCUT2D eigenvalue weighted by atomic mass is 9.97. The van der Waals surface area contributed by atoms with E-state index in [1.807, 2.05) is 13.8 Å². The van der Waals surface area contributed by atoms with Crippen LogP contribution in [-0.2, 0) is 0 Å². The molecule has 0 saturated heterocycles. The minimum absolute atomic E-state index is 0.0815. The Morgan fingerprint density at radius 3 is 2.71 bits per heavy atom. The highest BCUT2D eigenvalue weighted by Crippen LogP contribution is 2.39. The molecule has 1 aromatic carbocycles. The largest absolute Gasteiger partial charge is 0.495 e. The van der Waals surface area contributed by atoms with Crippen LogP contribution in [0.2, 0.25) is 5.02 Å². The number of urea groups is 1. The van der Waals surface area contributed by atoms with Crippen LogP contribution in [-0.4, -0.2) is 30.4 Å². The van der Waals surface area contributed by atoms with Gasteiger partial charge in [0.1, 0.15) is 5.75 Å². The summed E-state index contributed by atoms with van der Waals surface area (Å²) in [6.07, 6.45) is 2.06. The lowest BCUT2D eigenvalue weighted by molar-refractivity contribution is 0.159. The summed E-state index contributed by atoms with van der Waals surface area (Å²) >= 11 is 6.04. The molecule has 6 heteroatoms. The molecular weight excluding hydrogens is 292 g/mol. The number of ether oxygens (including phenoxy) is 1. The Bertz CT molecular complexity index is 546. The van der Waals surface area contributed by atoms with Crippen LogP contribution in [0.5, 0.6) is 5.75 Å². The van der Waals surface area contributed by atoms with Crippen molar-refractivity contribution in [2.75, 3.05) is 19.0 Å². The monoisotopic (exact) mass is 312 g/mol. The maximum absolute atomic E-state index is 12.2. The Labute approximate surface area is 129 Å². The van der Waals surface area contributed by atoms with Crippen molar-refractivity contribution in [2.45, 2.75) is 32.2 Å². The third-order valence-electron chi connectivity index (χ3n) is 3.93. The predicted molar refractivity (Wildman–Crippen MR) is 83.1 cm³/mol. The van der Waals surface area contributed by atoms with Gasteiger partial charge in [0.2, 0.25) is 0 Å². The Kier molecular flexibility index (Phi) is 4.64. The summed E-state index contributed by atoms with van der Waals surface area (Å²) in [5.74, 6) is 0.833. The Hall–Kier alpha value is -1.46. The van der Waals surface area contributed by atoms with Crippen molar-refractivity contribution >= 4 is 23.3 Å². The summed E-state index contributed by atoms with van der Waals surface area (Å²) in [5.41, 5.74) is 0.812.